The van der Waals surface area contributed by atoms with Gasteiger partial charge in [0.2, 0.25) is 5.91 Å². The molecule has 0 saturated carbocycles. The summed E-state index contributed by atoms with van der Waals surface area (Å²) in [5.74, 6) is -0.599. The number of pyridine rings is 1. The van der Waals surface area contributed by atoms with E-state index in [1.165, 1.54) is 19.1 Å². The Balaban J connectivity index is 1.71. The molecule has 1 atom stereocenters. The molecule has 1 aromatic heterocycles. The average Bonchev–Trinajstić information content (AvgIpc) is 3.01. The maximum Gasteiger partial charge on any atom is 0.222 e. The zero-order valence-corrected chi connectivity index (χ0v) is 16.7. The Morgan fingerprint density at radius 2 is 1.97 bits per heavy atom. The van der Waals surface area contributed by atoms with Gasteiger partial charge in [0, 0.05) is 43.1 Å². The van der Waals surface area contributed by atoms with Gasteiger partial charge in [-0.2, -0.15) is 0 Å². The largest absolute Gasteiger partial charge is 0.390 e. The highest BCUT2D eigenvalue weighted by Gasteiger charge is 2.30. The van der Waals surface area contributed by atoms with Gasteiger partial charge in [0.25, 0.3) is 0 Å². The highest BCUT2D eigenvalue weighted by atomic mass is 19.1. The molecule has 1 aliphatic heterocycles. The topological polar surface area (TPSA) is 91.7 Å². The minimum Gasteiger partial charge on any atom is -0.390 e. The normalized spacial score (nSPS) is 14.2. The fraction of sp³-hybridized carbons (Fsp3) is 0.364. The summed E-state index contributed by atoms with van der Waals surface area (Å²) in [6.45, 7) is 5.13. The lowest BCUT2D eigenvalue weighted by atomic mass is 9.80. The Labute approximate surface area is 168 Å². The summed E-state index contributed by atoms with van der Waals surface area (Å²) in [5.41, 5.74) is 1.85. The maximum atomic E-state index is 13.2. The number of hydrogen-bond donors (Lipinski definition) is 2. The predicted octanol–water partition coefficient (Wildman–Crippen LogP) is 2.67. The molecule has 0 unspecified atom stereocenters. The quantitative estimate of drug-likeness (QED) is 0.784. The number of carbonyl (C=O) groups excluding carboxylic acids is 2. The van der Waals surface area contributed by atoms with Crippen molar-refractivity contribution >= 4 is 17.5 Å². The van der Waals surface area contributed by atoms with E-state index >= 15 is 0 Å². The van der Waals surface area contributed by atoms with Gasteiger partial charge < -0.3 is 10.4 Å². The van der Waals surface area contributed by atoms with Gasteiger partial charge in [-0.15, -0.1) is 0 Å². The Bertz CT molecular complexity index is 962. The SMILES string of the molecule is CC(=O)NC1=NCc2cc(CC(=O)C[C@@H](c3ccc(F)cc3)C(C)(C)O)ncc21. The van der Waals surface area contributed by atoms with Crippen molar-refractivity contribution < 1.29 is 19.1 Å². The van der Waals surface area contributed by atoms with E-state index in [-0.39, 0.29) is 30.3 Å². The van der Waals surface area contributed by atoms with Crippen LogP contribution in [0.3, 0.4) is 0 Å². The molecule has 2 aromatic rings. The van der Waals surface area contributed by atoms with Crippen molar-refractivity contribution in [2.24, 2.45) is 4.99 Å². The maximum absolute atomic E-state index is 13.2. The third-order valence-electron chi connectivity index (χ3n) is 4.94. The number of ketones is 1. The van der Waals surface area contributed by atoms with Gasteiger partial charge in [-0.05, 0) is 43.2 Å². The summed E-state index contributed by atoms with van der Waals surface area (Å²) in [5, 5.41) is 13.2. The van der Waals surface area contributed by atoms with Crippen molar-refractivity contribution in [2.45, 2.75) is 51.7 Å². The lowest BCUT2D eigenvalue weighted by molar-refractivity contribution is -0.120. The van der Waals surface area contributed by atoms with Crippen LogP contribution in [-0.4, -0.2) is 33.2 Å². The number of nitrogens with one attached hydrogen (secondary N) is 1. The van der Waals surface area contributed by atoms with Gasteiger partial charge in [-0.1, -0.05) is 12.1 Å². The third-order valence-corrected chi connectivity index (χ3v) is 4.94. The van der Waals surface area contributed by atoms with Gasteiger partial charge >= 0.3 is 0 Å². The predicted molar refractivity (Wildman–Crippen MR) is 107 cm³/mol. The Morgan fingerprint density at radius 3 is 2.59 bits per heavy atom. The third kappa shape index (κ3) is 5.12. The van der Waals surface area contributed by atoms with E-state index in [4.69, 9.17) is 0 Å². The van der Waals surface area contributed by atoms with Crippen LogP contribution in [0.15, 0.2) is 41.5 Å². The standard InChI is InChI=1S/C22H24FN3O3/c1-13(27)26-21-19-12-24-17(8-15(19)11-25-21)9-18(28)10-20(22(2,3)29)14-4-6-16(23)7-5-14/h4-8,12,20,29H,9-11H2,1-3H3,(H,25,26,27)/t20-/m0/s1. The van der Waals surface area contributed by atoms with Gasteiger partial charge in [0.15, 0.2) is 0 Å². The molecule has 29 heavy (non-hydrogen) atoms. The van der Waals surface area contributed by atoms with Gasteiger partial charge in [-0.3, -0.25) is 19.6 Å². The van der Waals surface area contributed by atoms with Crippen molar-refractivity contribution in [3.05, 3.63) is 64.7 Å². The summed E-state index contributed by atoms with van der Waals surface area (Å²) in [7, 11) is 0. The van der Waals surface area contributed by atoms with E-state index in [1.54, 1.807) is 32.2 Å². The van der Waals surface area contributed by atoms with Crippen LogP contribution >= 0.6 is 0 Å². The van der Waals surface area contributed by atoms with E-state index in [0.717, 1.165) is 11.1 Å². The molecule has 2 N–H and O–H groups in total. The summed E-state index contributed by atoms with van der Waals surface area (Å²) in [6, 6.07) is 7.67. The van der Waals surface area contributed by atoms with E-state index in [1.807, 2.05) is 6.07 Å². The first-order chi connectivity index (χ1) is 13.6. The van der Waals surface area contributed by atoms with Crippen molar-refractivity contribution in [2.75, 3.05) is 0 Å². The van der Waals surface area contributed by atoms with E-state index < -0.39 is 11.5 Å². The van der Waals surface area contributed by atoms with Gasteiger partial charge in [0.05, 0.1) is 12.1 Å². The van der Waals surface area contributed by atoms with Crippen LogP contribution in [-0.2, 0) is 22.6 Å². The molecule has 7 heteroatoms. The molecule has 3 rings (SSSR count). The smallest absolute Gasteiger partial charge is 0.222 e. The molecule has 0 saturated heterocycles. The molecule has 2 heterocycles. The average molecular weight is 397 g/mol. The minimum atomic E-state index is -1.14. The molecule has 0 bridgehead atoms. The van der Waals surface area contributed by atoms with Gasteiger partial charge in [-0.25, -0.2) is 4.39 Å². The number of halogens is 1. The molecule has 1 aliphatic rings. The van der Waals surface area contributed by atoms with Crippen molar-refractivity contribution in [3.8, 4) is 0 Å². The first kappa shape index (κ1) is 20.8. The number of carbonyl (C=O) groups is 2. The van der Waals surface area contributed by atoms with Crippen molar-refractivity contribution in [1.82, 2.24) is 10.3 Å². The van der Waals surface area contributed by atoms with E-state index in [2.05, 4.69) is 15.3 Å². The second kappa shape index (κ2) is 8.21. The zero-order chi connectivity index (χ0) is 21.2. The number of amides is 1. The lowest BCUT2D eigenvalue weighted by Crippen LogP contribution is -2.31. The number of rotatable bonds is 6. The first-order valence-electron chi connectivity index (χ1n) is 9.43. The number of amidine groups is 1. The monoisotopic (exact) mass is 397 g/mol. The van der Waals surface area contributed by atoms with Crippen molar-refractivity contribution in [1.29, 1.82) is 0 Å². The summed E-state index contributed by atoms with van der Waals surface area (Å²) >= 11 is 0. The number of hydrogen-bond acceptors (Lipinski definition) is 5. The number of aromatic nitrogens is 1. The number of aliphatic imine (C=N–C) groups is 1. The van der Waals surface area contributed by atoms with Crippen LogP contribution in [0.5, 0.6) is 0 Å². The second-order valence-corrected chi connectivity index (χ2v) is 7.86. The summed E-state index contributed by atoms with van der Waals surface area (Å²) < 4.78 is 13.2. The van der Waals surface area contributed by atoms with Crippen LogP contribution < -0.4 is 5.32 Å². The Morgan fingerprint density at radius 1 is 1.28 bits per heavy atom. The van der Waals surface area contributed by atoms with Crippen molar-refractivity contribution in [3.63, 3.8) is 0 Å². The molecule has 152 valence electrons. The minimum absolute atomic E-state index is 0.0742. The molecule has 0 aliphatic carbocycles. The molecule has 1 aromatic carbocycles. The number of nitrogens with zero attached hydrogens (tertiary/aromatic N) is 2. The van der Waals surface area contributed by atoms with E-state index in [9.17, 15) is 19.1 Å². The van der Waals surface area contributed by atoms with E-state index in [0.29, 0.717) is 23.6 Å². The fourth-order valence-corrected chi connectivity index (χ4v) is 3.48. The van der Waals surface area contributed by atoms with Crippen LogP contribution in [0.4, 0.5) is 4.39 Å². The molecular formula is C22H24FN3O3. The molecule has 0 fully saturated rings. The highest BCUT2D eigenvalue weighted by Crippen LogP contribution is 2.32. The second-order valence-electron chi connectivity index (χ2n) is 7.86. The first-order valence-corrected chi connectivity index (χ1v) is 9.43. The van der Waals surface area contributed by atoms with Gasteiger partial charge in [0.1, 0.15) is 17.4 Å². The molecular weight excluding hydrogens is 373 g/mol. The highest BCUT2D eigenvalue weighted by molar-refractivity contribution is 6.09. The fourth-order valence-electron chi connectivity index (χ4n) is 3.48. The lowest BCUT2D eigenvalue weighted by Gasteiger charge is -2.29. The number of aliphatic hydroxyl groups is 1. The number of Topliss-reactive ketones (excluding diaryl/α,β-unsaturated/α-hetero) is 1. The number of fused-ring (bicyclic) bond motifs is 1. The van der Waals surface area contributed by atoms with Crippen LogP contribution in [0.2, 0.25) is 0 Å². The Kier molecular flexibility index (Phi) is 5.88. The summed E-state index contributed by atoms with van der Waals surface area (Å²) in [6.07, 6.45) is 1.85. The molecule has 1 amide bonds. The van der Waals surface area contributed by atoms with Crippen LogP contribution in [0.25, 0.3) is 0 Å². The zero-order valence-electron chi connectivity index (χ0n) is 16.7. The van der Waals surface area contributed by atoms with Crippen LogP contribution in [0.1, 0.15) is 55.5 Å². The molecule has 0 spiro atoms. The molecule has 6 nitrogen and oxygen atoms in total. The van der Waals surface area contributed by atoms with Crippen LogP contribution in [0, 0.1) is 5.82 Å². The Hall–Kier alpha value is -2.93. The molecule has 0 radical (unpaired) electrons. The number of benzene rings is 1. The summed E-state index contributed by atoms with van der Waals surface area (Å²) in [4.78, 5) is 32.6.